The minimum Gasteiger partial charge on any atom is -0.507 e. The molecule has 4 rings (SSSR count). The molecule has 8 heteroatoms. The van der Waals surface area contributed by atoms with Gasteiger partial charge in [0.05, 0.1) is 29.3 Å². The molecule has 1 fully saturated rings. The van der Waals surface area contributed by atoms with Gasteiger partial charge in [-0.05, 0) is 23.6 Å². The molecule has 5 N–H and O–H groups in total. The maximum Gasteiger partial charge on any atom is 0.206 e. The number of aliphatic hydroxyl groups is 3. The molecule has 1 aliphatic heterocycles. The van der Waals surface area contributed by atoms with Gasteiger partial charge in [-0.2, -0.15) is 0 Å². The molecule has 0 radical (unpaired) electrons. The predicted octanol–water partition coefficient (Wildman–Crippen LogP) is 2.09. The number of aromatic hydroxyl groups is 2. The summed E-state index contributed by atoms with van der Waals surface area (Å²) in [5.74, 6) is -1.22. The number of hydrogen-bond donors (Lipinski definition) is 5. The Morgan fingerprint density at radius 2 is 1.86 bits per heavy atom. The highest BCUT2D eigenvalue weighted by atomic mass is 32.1. The van der Waals surface area contributed by atoms with E-state index in [2.05, 4.69) is 0 Å². The fourth-order valence-corrected chi connectivity index (χ4v) is 4.58. The monoisotopic (exact) mass is 416 g/mol. The third kappa shape index (κ3) is 3.61. The van der Waals surface area contributed by atoms with E-state index in [1.54, 1.807) is 6.07 Å². The van der Waals surface area contributed by atoms with Gasteiger partial charge in [0.1, 0.15) is 23.7 Å². The Morgan fingerprint density at radius 1 is 1.10 bits per heavy atom. The van der Waals surface area contributed by atoms with Gasteiger partial charge in [-0.25, -0.2) is 0 Å². The van der Waals surface area contributed by atoms with Crippen molar-refractivity contribution in [2.24, 2.45) is 0 Å². The first-order chi connectivity index (χ1) is 13.9. The summed E-state index contributed by atoms with van der Waals surface area (Å²) in [5.41, 5.74) is -0.00210. The van der Waals surface area contributed by atoms with Crippen LogP contribution in [0.25, 0.3) is 10.1 Å². The molecule has 4 atom stereocenters. The summed E-state index contributed by atoms with van der Waals surface area (Å²) in [6.07, 6.45) is -4.37. The molecule has 3 aromatic rings. The summed E-state index contributed by atoms with van der Waals surface area (Å²) in [6.45, 7) is -0.368. The Balaban J connectivity index is 1.74. The molecule has 29 heavy (non-hydrogen) atoms. The number of carbonyl (C=O) groups excluding carboxylic acids is 1. The van der Waals surface area contributed by atoms with Crippen LogP contribution >= 0.6 is 11.3 Å². The largest absolute Gasteiger partial charge is 0.507 e. The quantitative estimate of drug-likeness (QED) is 0.412. The van der Waals surface area contributed by atoms with Gasteiger partial charge in [0.15, 0.2) is 0 Å². The van der Waals surface area contributed by atoms with Crippen LogP contribution < -0.4 is 0 Å². The van der Waals surface area contributed by atoms with Crippen LogP contribution in [0, 0.1) is 0 Å². The van der Waals surface area contributed by atoms with Crippen LogP contribution in [0.5, 0.6) is 11.5 Å². The predicted molar refractivity (Wildman–Crippen MR) is 106 cm³/mol. The van der Waals surface area contributed by atoms with Crippen molar-refractivity contribution in [3.05, 3.63) is 58.5 Å². The first-order valence-corrected chi connectivity index (χ1v) is 9.92. The maximum absolute atomic E-state index is 13.0. The van der Waals surface area contributed by atoms with Crippen molar-refractivity contribution in [1.82, 2.24) is 0 Å². The van der Waals surface area contributed by atoms with Gasteiger partial charge in [-0.15, -0.1) is 11.3 Å². The van der Waals surface area contributed by atoms with Crippen LogP contribution in [0.4, 0.5) is 0 Å². The molecule has 1 aliphatic rings. The Labute approximate surface area is 170 Å². The molecule has 0 saturated carbocycles. The second-order valence-electron chi connectivity index (χ2n) is 7.06. The third-order valence-corrected chi connectivity index (χ3v) is 6.21. The van der Waals surface area contributed by atoms with Crippen molar-refractivity contribution in [2.45, 2.75) is 30.8 Å². The molecule has 2 heterocycles. The highest BCUT2D eigenvalue weighted by Crippen LogP contribution is 2.40. The maximum atomic E-state index is 13.0. The van der Waals surface area contributed by atoms with Gasteiger partial charge >= 0.3 is 0 Å². The van der Waals surface area contributed by atoms with Crippen molar-refractivity contribution >= 4 is 27.2 Å². The van der Waals surface area contributed by atoms with E-state index in [9.17, 15) is 30.3 Å². The Kier molecular flexibility index (Phi) is 5.28. The van der Waals surface area contributed by atoms with E-state index in [-0.39, 0.29) is 29.9 Å². The first-order valence-electron chi connectivity index (χ1n) is 9.10. The highest BCUT2D eigenvalue weighted by Gasteiger charge is 2.39. The molecule has 2 aromatic carbocycles. The zero-order valence-electron chi connectivity index (χ0n) is 15.2. The van der Waals surface area contributed by atoms with Gasteiger partial charge in [0, 0.05) is 22.8 Å². The van der Waals surface area contributed by atoms with Gasteiger partial charge < -0.3 is 30.3 Å². The molecule has 1 aromatic heterocycles. The van der Waals surface area contributed by atoms with E-state index in [1.807, 2.05) is 24.3 Å². The van der Waals surface area contributed by atoms with Crippen LogP contribution in [-0.4, -0.2) is 56.2 Å². The number of ketones is 1. The van der Waals surface area contributed by atoms with E-state index >= 15 is 0 Å². The lowest BCUT2D eigenvalue weighted by molar-refractivity contribution is -0.180. The number of phenols is 2. The second-order valence-corrected chi connectivity index (χ2v) is 8.14. The molecule has 152 valence electrons. The van der Waals surface area contributed by atoms with Crippen LogP contribution in [0.1, 0.15) is 33.3 Å². The molecule has 7 nitrogen and oxygen atoms in total. The lowest BCUT2D eigenvalue weighted by atomic mass is 9.91. The minimum atomic E-state index is -1.36. The molecular weight excluding hydrogens is 396 g/mol. The van der Waals surface area contributed by atoms with E-state index in [0.29, 0.717) is 4.88 Å². The first kappa shape index (κ1) is 19.8. The summed E-state index contributed by atoms with van der Waals surface area (Å²) in [4.78, 5) is 13.4. The highest BCUT2D eigenvalue weighted by molar-refractivity contribution is 7.21. The van der Waals surface area contributed by atoms with E-state index in [4.69, 9.17) is 4.74 Å². The normalized spacial score (nSPS) is 24.7. The fourth-order valence-electron chi connectivity index (χ4n) is 3.56. The van der Waals surface area contributed by atoms with Crippen LogP contribution in [0.15, 0.2) is 42.5 Å². The molecule has 0 aliphatic carbocycles. The summed E-state index contributed by atoms with van der Waals surface area (Å²) in [6, 6.07) is 11.5. The Bertz CT molecular complexity index is 1030. The summed E-state index contributed by atoms with van der Waals surface area (Å²) >= 11 is 1.28. The van der Waals surface area contributed by atoms with Crippen molar-refractivity contribution in [3.8, 4) is 11.5 Å². The zero-order valence-corrected chi connectivity index (χ0v) is 16.0. The van der Waals surface area contributed by atoms with Crippen LogP contribution in [0.2, 0.25) is 0 Å². The smallest absolute Gasteiger partial charge is 0.206 e. The van der Waals surface area contributed by atoms with E-state index < -0.39 is 35.9 Å². The molecule has 1 saturated heterocycles. The van der Waals surface area contributed by atoms with Crippen molar-refractivity contribution in [2.75, 3.05) is 6.61 Å². The average Bonchev–Trinajstić information content (AvgIpc) is 3.14. The number of rotatable bonds is 4. The molecule has 0 amide bonds. The summed E-state index contributed by atoms with van der Waals surface area (Å²) in [5, 5.41) is 51.2. The zero-order chi connectivity index (χ0) is 20.7. The molecule has 0 spiro atoms. The average molecular weight is 416 g/mol. The standard InChI is InChI=1S/C21H20O7S/c22-9-11-6-16(25)20(27)21(28-11)13-7-12(14(23)8-15(13)24)19(26)18-5-10-3-1-2-4-17(10)29-18/h1-5,7-8,11,16,20-25,27H,6,9H2/t11-,16-,20+,21-/m0/s1. The number of ether oxygens (including phenoxy) is 1. The minimum absolute atomic E-state index is 0.0422. The fraction of sp³-hybridized carbons (Fsp3) is 0.286. The van der Waals surface area contributed by atoms with Gasteiger partial charge in [-0.3, -0.25) is 4.79 Å². The number of benzene rings is 2. The summed E-state index contributed by atoms with van der Waals surface area (Å²) in [7, 11) is 0. The van der Waals surface area contributed by atoms with Gasteiger partial charge in [-0.1, -0.05) is 18.2 Å². The SMILES string of the molecule is O=C(c1cc2ccccc2s1)c1cc([C@@H]2O[C@H](CO)C[C@H](O)[C@H]2O)c(O)cc1O. The van der Waals surface area contributed by atoms with Gasteiger partial charge in [0.2, 0.25) is 5.78 Å². The topological polar surface area (TPSA) is 127 Å². The lowest BCUT2D eigenvalue weighted by Gasteiger charge is -2.37. The lowest BCUT2D eigenvalue weighted by Crippen LogP contribution is -2.44. The third-order valence-electron chi connectivity index (χ3n) is 5.10. The number of aliphatic hydroxyl groups excluding tert-OH is 3. The molecular formula is C21H20O7S. The number of hydrogen-bond acceptors (Lipinski definition) is 8. The van der Waals surface area contributed by atoms with E-state index in [0.717, 1.165) is 16.2 Å². The number of phenolic OH excluding ortho intramolecular Hbond substituents is 2. The molecule has 0 unspecified atom stereocenters. The summed E-state index contributed by atoms with van der Waals surface area (Å²) < 4.78 is 6.53. The van der Waals surface area contributed by atoms with Crippen molar-refractivity contribution in [3.63, 3.8) is 0 Å². The van der Waals surface area contributed by atoms with Gasteiger partial charge in [0.25, 0.3) is 0 Å². The van der Waals surface area contributed by atoms with Crippen LogP contribution in [0.3, 0.4) is 0 Å². The number of fused-ring (bicyclic) bond motifs is 1. The van der Waals surface area contributed by atoms with Crippen LogP contribution in [-0.2, 0) is 4.74 Å². The number of carbonyl (C=O) groups is 1. The van der Waals surface area contributed by atoms with Crippen molar-refractivity contribution < 1.29 is 35.1 Å². The Morgan fingerprint density at radius 3 is 2.59 bits per heavy atom. The van der Waals surface area contributed by atoms with E-state index in [1.165, 1.54) is 17.4 Å². The molecule has 0 bridgehead atoms. The van der Waals surface area contributed by atoms with Crippen molar-refractivity contribution in [1.29, 1.82) is 0 Å². The number of thiophene rings is 1. The second kappa shape index (κ2) is 7.74. The Hall–Kier alpha value is -2.49.